The summed E-state index contributed by atoms with van der Waals surface area (Å²) < 4.78 is 12.8. The van der Waals surface area contributed by atoms with E-state index in [1.165, 1.54) is 0 Å². The molecule has 2 N–H and O–H groups in total. The third kappa shape index (κ3) is 4.85. The van der Waals surface area contributed by atoms with Crippen LogP contribution in [-0.4, -0.2) is 34.8 Å². The van der Waals surface area contributed by atoms with Gasteiger partial charge in [0, 0.05) is 41.5 Å². The molecule has 4 rings (SSSR count). The van der Waals surface area contributed by atoms with Crippen molar-refractivity contribution >= 4 is 17.5 Å². The summed E-state index contributed by atoms with van der Waals surface area (Å²) in [5, 5.41) is 10.1. The summed E-state index contributed by atoms with van der Waals surface area (Å²) in [7, 11) is 0. The zero-order valence-corrected chi connectivity index (χ0v) is 17.4. The molecule has 0 saturated heterocycles. The molecule has 8 heteroatoms. The highest BCUT2D eigenvalue weighted by molar-refractivity contribution is 6.04. The second-order valence-corrected chi connectivity index (χ2v) is 7.53. The number of ether oxygens (including phenoxy) is 2. The first kappa shape index (κ1) is 20.5. The third-order valence-corrected chi connectivity index (χ3v) is 4.82. The van der Waals surface area contributed by atoms with Crippen LogP contribution in [-0.2, 0) is 11.3 Å². The molecule has 1 aliphatic heterocycles. The minimum absolute atomic E-state index is 0.00105. The Morgan fingerprint density at radius 1 is 1.06 bits per heavy atom. The molecule has 0 radical (unpaired) electrons. The van der Waals surface area contributed by atoms with Gasteiger partial charge in [-0.25, -0.2) is 4.68 Å². The second-order valence-electron chi connectivity index (χ2n) is 7.53. The van der Waals surface area contributed by atoms with Crippen molar-refractivity contribution in [1.29, 1.82) is 0 Å². The highest BCUT2D eigenvalue weighted by Gasteiger charge is 2.14. The molecule has 0 unspecified atom stereocenters. The number of benzene rings is 2. The quantitative estimate of drug-likeness (QED) is 0.639. The number of rotatable bonds is 6. The van der Waals surface area contributed by atoms with Gasteiger partial charge in [-0.05, 0) is 36.4 Å². The highest BCUT2D eigenvalue weighted by atomic mass is 16.6. The van der Waals surface area contributed by atoms with Gasteiger partial charge in [-0.2, -0.15) is 5.10 Å². The molecule has 31 heavy (non-hydrogen) atoms. The molecule has 2 amide bonds. The first-order valence-corrected chi connectivity index (χ1v) is 10.1. The van der Waals surface area contributed by atoms with Crippen LogP contribution < -0.4 is 20.1 Å². The zero-order chi connectivity index (χ0) is 21.8. The van der Waals surface area contributed by atoms with Crippen molar-refractivity contribution < 1.29 is 19.1 Å². The molecule has 2 heterocycles. The molecule has 0 fully saturated rings. The van der Waals surface area contributed by atoms with Crippen molar-refractivity contribution in [3.63, 3.8) is 0 Å². The summed E-state index contributed by atoms with van der Waals surface area (Å²) in [5.41, 5.74) is 2.88. The Balaban J connectivity index is 1.39. The molecule has 8 nitrogen and oxygen atoms in total. The molecule has 3 aromatic rings. The van der Waals surface area contributed by atoms with Crippen LogP contribution in [0.3, 0.4) is 0 Å². The van der Waals surface area contributed by atoms with Gasteiger partial charge in [-0.3, -0.25) is 9.59 Å². The van der Waals surface area contributed by atoms with Gasteiger partial charge in [0.25, 0.3) is 5.91 Å². The Morgan fingerprint density at radius 3 is 2.55 bits per heavy atom. The van der Waals surface area contributed by atoms with Crippen molar-refractivity contribution in [3.05, 3.63) is 66.0 Å². The van der Waals surface area contributed by atoms with Crippen LogP contribution in [0.1, 0.15) is 29.8 Å². The second kappa shape index (κ2) is 8.91. The molecule has 0 spiro atoms. The lowest BCUT2D eigenvalue weighted by Gasteiger charge is -2.19. The first-order chi connectivity index (χ1) is 15.0. The maximum absolute atomic E-state index is 12.6. The number of carbonyl (C=O) groups is 2. The lowest BCUT2D eigenvalue weighted by atomic mass is 10.2. The minimum atomic E-state index is -0.222. The number of nitrogens with one attached hydrogen (secondary N) is 2. The largest absolute Gasteiger partial charge is 0.486 e. The van der Waals surface area contributed by atoms with Crippen LogP contribution in [0, 0.1) is 5.92 Å². The summed E-state index contributed by atoms with van der Waals surface area (Å²) in [4.78, 5) is 24.3. The van der Waals surface area contributed by atoms with E-state index in [1.54, 1.807) is 41.2 Å². The van der Waals surface area contributed by atoms with E-state index < -0.39 is 0 Å². The normalized spacial score (nSPS) is 12.5. The van der Waals surface area contributed by atoms with Gasteiger partial charge in [0.1, 0.15) is 13.2 Å². The number of nitrogens with zero attached hydrogens (tertiary/aromatic N) is 2. The maximum atomic E-state index is 12.6. The standard InChI is InChI=1S/C23H24N4O4/c1-15(2)22(28)24-12-16-13-25-27(14-16)19-6-3-17(4-7-19)23(29)26-18-5-8-20-21(11-18)31-10-9-30-20/h3-8,11,13-15H,9-10,12H2,1-2H3,(H,24,28)(H,26,29). The minimum Gasteiger partial charge on any atom is -0.486 e. The molecular formula is C23H24N4O4. The van der Waals surface area contributed by atoms with Crippen molar-refractivity contribution in [2.24, 2.45) is 5.92 Å². The van der Waals surface area contributed by atoms with E-state index in [9.17, 15) is 9.59 Å². The van der Waals surface area contributed by atoms with Crippen LogP contribution in [0.25, 0.3) is 5.69 Å². The average molecular weight is 420 g/mol. The SMILES string of the molecule is CC(C)C(=O)NCc1cnn(-c2ccc(C(=O)Nc3ccc4c(c3)OCCO4)cc2)c1. The van der Waals surface area contributed by atoms with Gasteiger partial charge >= 0.3 is 0 Å². The summed E-state index contributed by atoms with van der Waals surface area (Å²) >= 11 is 0. The molecule has 0 bridgehead atoms. The van der Waals surface area contributed by atoms with E-state index in [-0.39, 0.29) is 17.7 Å². The average Bonchev–Trinajstić information content (AvgIpc) is 3.26. The number of hydrogen-bond donors (Lipinski definition) is 2. The van der Waals surface area contributed by atoms with Gasteiger partial charge in [0.05, 0.1) is 11.9 Å². The van der Waals surface area contributed by atoms with Gasteiger partial charge in [0.15, 0.2) is 11.5 Å². The van der Waals surface area contributed by atoms with Crippen molar-refractivity contribution in [2.45, 2.75) is 20.4 Å². The number of anilines is 1. The third-order valence-electron chi connectivity index (χ3n) is 4.82. The van der Waals surface area contributed by atoms with Gasteiger partial charge in [-0.1, -0.05) is 13.8 Å². The smallest absolute Gasteiger partial charge is 0.255 e. The fraction of sp³-hybridized carbons (Fsp3) is 0.261. The number of carbonyl (C=O) groups excluding carboxylic acids is 2. The van der Waals surface area contributed by atoms with Crippen LogP contribution >= 0.6 is 0 Å². The number of fused-ring (bicyclic) bond motifs is 1. The lowest BCUT2D eigenvalue weighted by Crippen LogP contribution is -2.26. The Labute approximate surface area is 180 Å². The fourth-order valence-electron chi connectivity index (χ4n) is 3.08. The number of hydrogen-bond acceptors (Lipinski definition) is 5. The van der Waals surface area contributed by atoms with Gasteiger partial charge in [-0.15, -0.1) is 0 Å². The van der Waals surface area contributed by atoms with Crippen LogP contribution in [0.4, 0.5) is 5.69 Å². The van der Waals surface area contributed by atoms with E-state index in [4.69, 9.17) is 9.47 Å². The molecule has 1 aromatic heterocycles. The van der Waals surface area contributed by atoms with E-state index >= 15 is 0 Å². The van der Waals surface area contributed by atoms with Gasteiger partial charge in [0.2, 0.25) is 5.91 Å². The maximum Gasteiger partial charge on any atom is 0.255 e. The Bertz CT molecular complexity index is 1090. The predicted molar refractivity (Wildman–Crippen MR) is 116 cm³/mol. The summed E-state index contributed by atoms with van der Waals surface area (Å²) in [5.74, 6) is 1.02. The van der Waals surface area contributed by atoms with Crippen molar-refractivity contribution in [3.8, 4) is 17.2 Å². The molecule has 2 aromatic carbocycles. The van der Waals surface area contributed by atoms with E-state index in [2.05, 4.69) is 15.7 Å². The van der Waals surface area contributed by atoms with Crippen LogP contribution in [0.2, 0.25) is 0 Å². The predicted octanol–water partition coefficient (Wildman–Crippen LogP) is 3.17. The summed E-state index contributed by atoms with van der Waals surface area (Å²) in [6.07, 6.45) is 3.56. The van der Waals surface area contributed by atoms with E-state index in [1.807, 2.05) is 32.2 Å². The first-order valence-electron chi connectivity index (χ1n) is 10.1. The topological polar surface area (TPSA) is 94.5 Å². The van der Waals surface area contributed by atoms with Gasteiger partial charge < -0.3 is 20.1 Å². The summed E-state index contributed by atoms with van der Waals surface area (Å²) in [6.45, 7) is 5.14. The van der Waals surface area contributed by atoms with E-state index in [0.717, 1.165) is 11.3 Å². The lowest BCUT2D eigenvalue weighted by molar-refractivity contribution is -0.124. The fourth-order valence-corrected chi connectivity index (χ4v) is 3.08. The zero-order valence-electron chi connectivity index (χ0n) is 17.4. The van der Waals surface area contributed by atoms with Crippen LogP contribution in [0.15, 0.2) is 54.9 Å². The van der Waals surface area contributed by atoms with Crippen molar-refractivity contribution in [1.82, 2.24) is 15.1 Å². The molecule has 1 aliphatic rings. The number of aromatic nitrogens is 2. The Kier molecular flexibility index (Phi) is 5.88. The van der Waals surface area contributed by atoms with Crippen LogP contribution in [0.5, 0.6) is 11.5 Å². The Morgan fingerprint density at radius 2 is 1.81 bits per heavy atom. The highest BCUT2D eigenvalue weighted by Crippen LogP contribution is 2.32. The number of amides is 2. The molecule has 160 valence electrons. The monoisotopic (exact) mass is 420 g/mol. The molecule has 0 aliphatic carbocycles. The Hall–Kier alpha value is -3.81. The molecular weight excluding hydrogens is 396 g/mol. The van der Waals surface area contributed by atoms with Crippen molar-refractivity contribution in [2.75, 3.05) is 18.5 Å². The molecule has 0 atom stereocenters. The molecule has 0 saturated carbocycles. The summed E-state index contributed by atoms with van der Waals surface area (Å²) in [6, 6.07) is 12.4. The van der Waals surface area contributed by atoms with E-state index in [0.29, 0.717) is 42.5 Å².